The van der Waals surface area contributed by atoms with Crippen LogP contribution in [0.25, 0.3) is 0 Å². The summed E-state index contributed by atoms with van der Waals surface area (Å²) in [5.74, 6) is 1.39. The van der Waals surface area contributed by atoms with Gasteiger partial charge in [0.05, 0.1) is 7.11 Å². The molecule has 0 amide bonds. The van der Waals surface area contributed by atoms with Gasteiger partial charge in [-0.3, -0.25) is 4.98 Å². The van der Waals surface area contributed by atoms with Crippen LogP contribution in [-0.4, -0.2) is 18.1 Å². The van der Waals surface area contributed by atoms with Gasteiger partial charge in [0.1, 0.15) is 6.10 Å². The summed E-state index contributed by atoms with van der Waals surface area (Å²) in [5.41, 5.74) is 8.11. The van der Waals surface area contributed by atoms with E-state index in [-0.39, 0.29) is 12.1 Å². The molecule has 0 aliphatic rings. The Morgan fingerprint density at radius 1 is 1.20 bits per heavy atom. The zero-order valence-corrected chi connectivity index (χ0v) is 12.0. The third kappa shape index (κ3) is 3.27. The molecule has 2 unspecified atom stereocenters. The molecule has 1 heterocycles. The monoisotopic (exact) mass is 272 g/mol. The van der Waals surface area contributed by atoms with Crippen LogP contribution < -0.4 is 15.2 Å². The smallest absolute Gasteiger partial charge is 0.162 e. The largest absolute Gasteiger partial charge is 0.493 e. The van der Waals surface area contributed by atoms with Gasteiger partial charge >= 0.3 is 0 Å². The first-order valence-corrected chi connectivity index (χ1v) is 6.58. The van der Waals surface area contributed by atoms with Gasteiger partial charge in [-0.25, -0.2) is 0 Å². The maximum atomic E-state index is 6.05. The van der Waals surface area contributed by atoms with Gasteiger partial charge in [-0.2, -0.15) is 0 Å². The van der Waals surface area contributed by atoms with E-state index in [1.165, 1.54) is 0 Å². The third-order valence-electron chi connectivity index (χ3n) is 3.06. The number of methoxy groups -OCH3 is 1. The lowest BCUT2D eigenvalue weighted by Crippen LogP contribution is -2.29. The summed E-state index contributed by atoms with van der Waals surface area (Å²) in [6, 6.07) is 9.50. The molecule has 4 nitrogen and oxygen atoms in total. The highest BCUT2D eigenvalue weighted by Crippen LogP contribution is 2.32. The number of hydrogen-bond acceptors (Lipinski definition) is 4. The van der Waals surface area contributed by atoms with Gasteiger partial charge in [-0.15, -0.1) is 0 Å². The molecule has 4 heteroatoms. The molecule has 20 heavy (non-hydrogen) atoms. The highest BCUT2D eigenvalue weighted by atomic mass is 16.5. The average molecular weight is 272 g/mol. The fourth-order valence-electron chi connectivity index (χ4n) is 2.03. The van der Waals surface area contributed by atoms with Crippen molar-refractivity contribution in [1.82, 2.24) is 4.98 Å². The third-order valence-corrected chi connectivity index (χ3v) is 3.06. The van der Waals surface area contributed by atoms with E-state index >= 15 is 0 Å². The van der Waals surface area contributed by atoms with Crippen molar-refractivity contribution in [2.75, 3.05) is 7.11 Å². The van der Waals surface area contributed by atoms with Gasteiger partial charge in [-0.05, 0) is 37.6 Å². The molecule has 2 N–H and O–H groups in total. The summed E-state index contributed by atoms with van der Waals surface area (Å²) < 4.78 is 11.4. The Morgan fingerprint density at radius 2 is 2.00 bits per heavy atom. The fraction of sp³-hybridized carbons (Fsp3) is 0.312. The summed E-state index contributed by atoms with van der Waals surface area (Å²) >= 11 is 0. The van der Waals surface area contributed by atoms with Crippen molar-refractivity contribution >= 4 is 0 Å². The van der Waals surface area contributed by atoms with Gasteiger partial charge in [0.2, 0.25) is 0 Å². The lowest BCUT2D eigenvalue weighted by atomic mass is 10.1. The minimum absolute atomic E-state index is 0.162. The van der Waals surface area contributed by atoms with Gasteiger partial charge < -0.3 is 15.2 Å². The van der Waals surface area contributed by atoms with E-state index < -0.39 is 0 Å². The predicted molar refractivity (Wildman–Crippen MR) is 79.0 cm³/mol. The molecule has 0 aliphatic heterocycles. The van der Waals surface area contributed by atoms with E-state index in [1.54, 1.807) is 19.5 Å². The second-order valence-electron chi connectivity index (χ2n) is 4.84. The van der Waals surface area contributed by atoms with Crippen molar-refractivity contribution in [1.29, 1.82) is 0 Å². The molecule has 0 aliphatic carbocycles. The molecule has 2 rings (SSSR count). The number of ether oxygens (including phenoxy) is 2. The minimum atomic E-state index is -0.264. The van der Waals surface area contributed by atoms with Crippen LogP contribution in [0.5, 0.6) is 11.5 Å². The van der Waals surface area contributed by atoms with Crippen molar-refractivity contribution in [2.24, 2.45) is 5.73 Å². The number of nitrogens with zero attached hydrogens (tertiary/aromatic N) is 1. The second kappa shape index (κ2) is 6.39. The number of aromatic nitrogens is 1. The van der Waals surface area contributed by atoms with Crippen LogP contribution in [0, 0.1) is 6.92 Å². The van der Waals surface area contributed by atoms with Crippen molar-refractivity contribution in [2.45, 2.75) is 26.0 Å². The molecule has 0 radical (unpaired) electrons. The summed E-state index contributed by atoms with van der Waals surface area (Å²) in [7, 11) is 1.63. The first-order valence-electron chi connectivity index (χ1n) is 6.58. The number of pyridine rings is 1. The van der Waals surface area contributed by atoms with Gasteiger partial charge in [-0.1, -0.05) is 12.1 Å². The van der Waals surface area contributed by atoms with Crippen LogP contribution in [0.4, 0.5) is 0 Å². The molecule has 0 spiro atoms. The van der Waals surface area contributed by atoms with E-state index in [4.69, 9.17) is 15.2 Å². The maximum absolute atomic E-state index is 6.05. The minimum Gasteiger partial charge on any atom is -0.493 e. The van der Waals surface area contributed by atoms with Gasteiger partial charge in [0.25, 0.3) is 0 Å². The Morgan fingerprint density at radius 3 is 2.60 bits per heavy atom. The number of rotatable bonds is 5. The fourth-order valence-corrected chi connectivity index (χ4v) is 2.03. The van der Waals surface area contributed by atoms with Gasteiger partial charge in [0, 0.05) is 24.0 Å². The van der Waals surface area contributed by atoms with Crippen LogP contribution in [0.15, 0.2) is 42.7 Å². The molecule has 0 saturated heterocycles. The summed E-state index contributed by atoms with van der Waals surface area (Å²) in [5, 5.41) is 0. The number of benzene rings is 1. The quantitative estimate of drug-likeness (QED) is 0.909. The van der Waals surface area contributed by atoms with Gasteiger partial charge in [0.15, 0.2) is 11.5 Å². The van der Waals surface area contributed by atoms with E-state index in [0.29, 0.717) is 11.5 Å². The summed E-state index contributed by atoms with van der Waals surface area (Å²) in [6.07, 6.45) is 3.24. The Kier molecular flexibility index (Phi) is 4.58. The molecule has 0 bridgehead atoms. The highest BCUT2D eigenvalue weighted by molar-refractivity contribution is 5.43. The van der Waals surface area contributed by atoms with E-state index in [0.717, 1.165) is 11.1 Å². The zero-order valence-electron chi connectivity index (χ0n) is 12.0. The highest BCUT2D eigenvalue weighted by Gasteiger charge is 2.20. The van der Waals surface area contributed by atoms with Crippen LogP contribution in [0.2, 0.25) is 0 Å². The lowest BCUT2D eigenvalue weighted by Gasteiger charge is -2.23. The standard InChI is InChI=1S/C16H20N2O2/c1-11-6-7-14(15(9-11)19-3)20-16(12(2)17)13-5-4-8-18-10-13/h4-10,12,16H,17H2,1-3H3. The number of aryl methyl sites for hydroxylation is 1. The van der Waals surface area contributed by atoms with Crippen molar-refractivity contribution in [3.63, 3.8) is 0 Å². The SMILES string of the molecule is COc1cc(C)ccc1OC(c1cccnc1)C(C)N. The zero-order chi connectivity index (χ0) is 14.5. The molecule has 106 valence electrons. The molecular weight excluding hydrogens is 252 g/mol. The number of nitrogens with two attached hydrogens (primary N) is 1. The predicted octanol–water partition coefficient (Wildman–Crippen LogP) is 2.87. The Balaban J connectivity index is 2.30. The molecular formula is C16H20N2O2. The van der Waals surface area contributed by atoms with Crippen LogP contribution in [-0.2, 0) is 0 Å². The van der Waals surface area contributed by atoms with Crippen LogP contribution >= 0.6 is 0 Å². The average Bonchev–Trinajstić information content (AvgIpc) is 2.46. The molecule has 1 aromatic heterocycles. The van der Waals surface area contributed by atoms with E-state index in [1.807, 2.05) is 44.2 Å². The second-order valence-corrected chi connectivity index (χ2v) is 4.84. The van der Waals surface area contributed by atoms with E-state index in [9.17, 15) is 0 Å². The van der Waals surface area contributed by atoms with E-state index in [2.05, 4.69) is 4.98 Å². The van der Waals surface area contributed by atoms with Crippen LogP contribution in [0.1, 0.15) is 24.2 Å². The first kappa shape index (κ1) is 14.3. The molecule has 0 fully saturated rings. The Hall–Kier alpha value is -2.07. The topological polar surface area (TPSA) is 57.4 Å². The molecule has 0 saturated carbocycles. The molecule has 1 aromatic carbocycles. The van der Waals surface area contributed by atoms with Crippen molar-refractivity contribution < 1.29 is 9.47 Å². The molecule has 2 atom stereocenters. The van der Waals surface area contributed by atoms with Crippen molar-refractivity contribution in [3.05, 3.63) is 53.9 Å². The first-order chi connectivity index (χ1) is 9.61. The Labute approximate surface area is 119 Å². The Bertz CT molecular complexity index is 556. The van der Waals surface area contributed by atoms with Crippen LogP contribution in [0.3, 0.4) is 0 Å². The number of hydrogen-bond donors (Lipinski definition) is 1. The van der Waals surface area contributed by atoms with Crippen molar-refractivity contribution in [3.8, 4) is 11.5 Å². The normalized spacial score (nSPS) is 13.6. The summed E-state index contributed by atoms with van der Waals surface area (Å²) in [6.45, 7) is 3.93. The lowest BCUT2D eigenvalue weighted by molar-refractivity contribution is 0.173. The maximum Gasteiger partial charge on any atom is 0.162 e. The summed E-state index contributed by atoms with van der Waals surface area (Å²) in [4.78, 5) is 4.12. The molecule has 2 aromatic rings.